The number of nitrogens with one attached hydrogen (secondary N) is 2. The Morgan fingerprint density at radius 2 is 1.97 bits per heavy atom. The van der Waals surface area contributed by atoms with Crippen molar-refractivity contribution < 1.29 is 17.9 Å². The number of aromatic amines is 1. The second-order valence-electron chi connectivity index (χ2n) is 8.32. The van der Waals surface area contributed by atoms with Gasteiger partial charge in [-0.3, -0.25) is 0 Å². The first-order chi connectivity index (χ1) is 16.3. The van der Waals surface area contributed by atoms with E-state index < -0.39 is 10.0 Å². The Bertz CT molecular complexity index is 1440. The molecule has 1 aliphatic rings. The molecule has 0 aliphatic carbocycles. The van der Waals surface area contributed by atoms with Crippen LogP contribution in [0.15, 0.2) is 60.8 Å². The first-order valence-electron chi connectivity index (χ1n) is 10.9. The summed E-state index contributed by atoms with van der Waals surface area (Å²) in [5, 5.41) is 4.24. The fourth-order valence-corrected chi connectivity index (χ4v) is 4.84. The number of hydrogen-bond donors (Lipinski definition) is 2. The summed E-state index contributed by atoms with van der Waals surface area (Å²) in [6.07, 6.45) is 3.32. The molecule has 9 nitrogen and oxygen atoms in total. The molecule has 184 valence electrons. The highest BCUT2D eigenvalue weighted by molar-refractivity contribution is 7.88. The van der Waals surface area contributed by atoms with Crippen LogP contribution in [0.25, 0.3) is 10.9 Å². The van der Waals surface area contributed by atoms with E-state index in [4.69, 9.17) is 9.47 Å². The van der Waals surface area contributed by atoms with E-state index in [1.165, 1.54) is 10.6 Å². The SMILES string of the molecule is Cc1cc2cc(Oc3ccnc(Nc4cccc(O[C@H]5CCN(S(C)(=O)=O)C5)c4)n3)ccc2[nH]1.S. The number of sulfonamides is 1. The van der Waals surface area contributed by atoms with Crippen molar-refractivity contribution in [2.45, 2.75) is 19.4 Å². The Labute approximate surface area is 211 Å². The number of benzene rings is 2. The molecule has 0 bridgehead atoms. The molecule has 0 amide bonds. The Morgan fingerprint density at radius 3 is 2.77 bits per heavy atom. The molecule has 2 aromatic carbocycles. The van der Waals surface area contributed by atoms with E-state index >= 15 is 0 Å². The average Bonchev–Trinajstić information content (AvgIpc) is 3.40. The van der Waals surface area contributed by atoms with Gasteiger partial charge in [0.2, 0.25) is 21.9 Å². The topological polar surface area (TPSA) is 109 Å². The Morgan fingerprint density at radius 1 is 1.11 bits per heavy atom. The number of nitrogens with zero attached hydrogens (tertiary/aromatic N) is 3. The van der Waals surface area contributed by atoms with Crippen LogP contribution in [0.1, 0.15) is 12.1 Å². The van der Waals surface area contributed by atoms with Crippen LogP contribution in [0, 0.1) is 6.92 Å². The number of fused-ring (bicyclic) bond motifs is 1. The fourth-order valence-electron chi connectivity index (χ4n) is 3.96. The van der Waals surface area contributed by atoms with Crippen molar-refractivity contribution in [3.8, 4) is 17.4 Å². The lowest BCUT2D eigenvalue weighted by Gasteiger charge is -2.16. The molecule has 0 unspecified atom stereocenters. The lowest BCUT2D eigenvalue weighted by Crippen LogP contribution is -2.29. The van der Waals surface area contributed by atoms with E-state index in [0.29, 0.717) is 42.8 Å². The van der Waals surface area contributed by atoms with Crippen molar-refractivity contribution in [1.82, 2.24) is 19.3 Å². The molecule has 2 aromatic heterocycles. The minimum Gasteiger partial charge on any atom is -0.489 e. The molecule has 2 N–H and O–H groups in total. The molecule has 0 saturated carbocycles. The monoisotopic (exact) mass is 513 g/mol. The number of aryl methyl sites for hydroxylation is 1. The Kier molecular flexibility index (Phi) is 7.20. The van der Waals surface area contributed by atoms with E-state index in [-0.39, 0.29) is 19.6 Å². The molecule has 0 radical (unpaired) electrons. The molecule has 35 heavy (non-hydrogen) atoms. The first-order valence-corrected chi connectivity index (χ1v) is 12.8. The molecule has 0 spiro atoms. The van der Waals surface area contributed by atoms with Gasteiger partial charge >= 0.3 is 0 Å². The van der Waals surface area contributed by atoms with Gasteiger partial charge in [-0.1, -0.05) is 6.07 Å². The smallest absolute Gasteiger partial charge is 0.230 e. The second-order valence-corrected chi connectivity index (χ2v) is 10.3. The Hall–Kier alpha value is -3.28. The normalized spacial score (nSPS) is 16.1. The summed E-state index contributed by atoms with van der Waals surface area (Å²) in [5.74, 6) is 2.14. The van der Waals surface area contributed by atoms with Gasteiger partial charge in [-0.05, 0) is 49.7 Å². The van der Waals surface area contributed by atoms with Gasteiger partial charge in [0.15, 0.2) is 0 Å². The van der Waals surface area contributed by atoms with E-state index in [9.17, 15) is 8.42 Å². The number of ether oxygens (including phenoxy) is 2. The van der Waals surface area contributed by atoms with Crippen LogP contribution in [0.2, 0.25) is 0 Å². The number of rotatable bonds is 7. The van der Waals surface area contributed by atoms with Crippen LogP contribution in [-0.4, -0.2) is 53.1 Å². The molecule has 1 saturated heterocycles. The summed E-state index contributed by atoms with van der Waals surface area (Å²) in [5.41, 5.74) is 2.89. The number of anilines is 2. The zero-order valence-electron chi connectivity index (χ0n) is 19.4. The highest BCUT2D eigenvalue weighted by atomic mass is 32.2. The van der Waals surface area contributed by atoms with Gasteiger partial charge in [0.05, 0.1) is 12.8 Å². The van der Waals surface area contributed by atoms with Crippen molar-refractivity contribution in [2.75, 3.05) is 24.7 Å². The van der Waals surface area contributed by atoms with Gasteiger partial charge in [-0.15, -0.1) is 0 Å². The molecule has 1 atom stereocenters. The molecule has 4 aromatic rings. The molecular formula is C24H27N5O4S2. The van der Waals surface area contributed by atoms with Crippen molar-refractivity contribution in [3.05, 3.63) is 66.5 Å². The molecule has 1 fully saturated rings. The largest absolute Gasteiger partial charge is 0.489 e. The zero-order valence-corrected chi connectivity index (χ0v) is 21.2. The van der Waals surface area contributed by atoms with Crippen molar-refractivity contribution in [3.63, 3.8) is 0 Å². The Balaban J connectivity index is 0.00000289. The number of H-pyrrole nitrogens is 1. The number of aromatic nitrogens is 3. The summed E-state index contributed by atoms with van der Waals surface area (Å²) in [6.45, 7) is 2.84. The first kappa shape index (κ1) is 24.8. The maximum Gasteiger partial charge on any atom is 0.230 e. The van der Waals surface area contributed by atoms with E-state index in [0.717, 1.165) is 22.3 Å². The predicted molar refractivity (Wildman–Crippen MR) is 141 cm³/mol. The quantitative estimate of drug-likeness (QED) is 0.379. The molecule has 11 heteroatoms. The molecular weight excluding hydrogens is 486 g/mol. The highest BCUT2D eigenvalue weighted by Crippen LogP contribution is 2.27. The third-order valence-electron chi connectivity index (χ3n) is 5.55. The summed E-state index contributed by atoms with van der Waals surface area (Å²) in [4.78, 5) is 12.0. The lowest BCUT2D eigenvalue weighted by molar-refractivity contribution is 0.216. The summed E-state index contributed by atoms with van der Waals surface area (Å²) in [6, 6.07) is 17.0. The lowest BCUT2D eigenvalue weighted by atomic mass is 10.2. The number of hydrogen-bond acceptors (Lipinski definition) is 7. The van der Waals surface area contributed by atoms with Gasteiger partial charge in [-0.25, -0.2) is 13.4 Å². The second kappa shape index (κ2) is 10.1. The minimum atomic E-state index is -3.20. The highest BCUT2D eigenvalue weighted by Gasteiger charge is 2.29. The van der Waals surface area contributed by atoms with Crippen LogP contribution < -0.4 is 14.8 Å². The van der Waals surface area contributed by atoms with Crippen LogP contribution in [0.5, 0.6) is 17.4 Å². The third kappa shape index (κ3) is 6.05. The van der Waals surface area contributed by atoms with Crippen molar-refractivity contribution in [1.29, 1.82) is 0 Å². The standard InChI is InChI=1S/C24H25N5O4S.H2S/c1-16-12-17-13-20(6-7-22(17)26-16)33-23-8-10-25-24(28-23)27-18-4-3-5-19(14-18)32-21-9-11-29(15-21)34(2,30)31;/h3-8,10,12-14,21,26H,9,11,15H2,1-2H3,(H,25,27,28);1H2/t21-;/m0./s1. The maximum absolute atomic E-state index is 11.7. The van der Waals surface area contributed by atoms with Crippen LogP contribution in [-0.2, 0) is 10.0 Å². The fraction of sp³-hybridized carbons (Fsp3) is 0.250. The van der Waals surface area contributed by atoms with Gasteiger partial charge < -0.3 is 19.8 Å². The molecule has 5 rings (SSSR count). The van der Waals surface area contributed by atoms with Gasteiger partial charge in [0.1, 0.15) is 17.6 Å². The zero-order chi connectivity index (χ0) is 23.7. The third-order valence-corrected chi connectivity index (χ3v) is 6.82. The maximum atomic E-state index is 11.7. The average molecular weight is 514 g/mol. The van der Waals surface area contributed by atoms with Gasteiger partial charge in [-0.2, -0.15) is 22.8 Å². The van der Waals surface area contributed by atoms with E-state index in [2.05, 4.69) is 26.3 Å². The van der Waals surface area contributed by atoms with Gasteiger partial charge in [0, 0.05) is 47.2 Å². The molecule has 3 heterocycles. The van der Waals surface area contributed by atoms with E-state index in [1.54, 1.807) is 12.3 Å². The summed E-state index contributed by atoms with van der Waals surface area (Å²) in [7, 11) is -3.20. The minimum absolute atomic E-state index is 0. The van der Waals surface area contributed by atoms with Crippen molar-refractivity contribution >= 4 is 46.1 Å². The summed E-state index contributed by atoms with van der Waals surface area (Å²) < 4.78 is 36.8. The van der Waals surface area contributed by atoms with Crippen molar-refractivity contribution in [2.24, 2.45) is 0 Å². The summed E-state index contributed by atoms with van der Waals surface area (Å²) >= 11 is 0. The van der Waals surface area contributed by atoms with Crippen LogP contribution >= 0.6 is 13.5 Å². The van der Waals surface area contributed by atoms with Crippen LogP contribution in [0.3, 0.4) is 0 Å². The van der Waals surface area contributed by atoms with Gasteiger partial charge in [0.25, 0.3) is 0 Å². The predicted octanol–water partition coefficient (Wildman–Crippen LogP) is 4.33. The molecule has 1 aliphatic heterocycles. The van der Waals surface area contributed by atoms with Crippen LogP contribution in [0.4, 0.5) is 11.6 Å². The van der Waals surface area contributed by atoms with E-state index in [1.807, 2.05) is 49.4 Å².